The highest BCUT2D eigenvalue weighted by molar-refractivity contribution is 8.18. The average molecular weight is 331 g/mol. The number of amides is 2. The Balaban J connectivity index is 2.24. The van der Waals surface area contributed by atoms with E-state index in [1.165, 1.54) is 12.0 Å². The predicted octanol–water partition coefficient (Wildman–Crippen LogP) is 3.15. The molecule has 2 rings (SSSR count). The van der Waals surface area contributed by atoms with Crippen LogP contribution in [0.2, 0.25) is 0 Å². The fraction of sp³-hybridized carbons (Fsp3) is 0.294. The molecule has 1 fully saturated rings. The van der Waals surface area contributed by atoms with E-state index in [9.17, 15) is 9.59 Å². The van der Waals surface area contributed by atoms with Crippen molar-refractivity contribution >= 4 is 29.0 Å². The molecule has 0 unspecified atom stereocenters. The van der Waals surface area contributed by atoms with Crippen LogP contribution in [0.3, 0.4) is 0 Å². The number of ether oxygens (including phenoxy) is 2. The molecule has 1 heterocycles. The Morgan fingerprint density at radius 3 is 2.78 bits per heavy atom. The Bertz CT molecular complexity index is 690. The van der Waals surface area contributed by atoms with E-state index in [4.69, 9.17) is 15.9 Å². The third-order valence-corrected chi connectivity index (χ3v) is 4.02. The van der Waals surface area contributed by atoms with Gasteiger partial charge in [0, 0.05) is 6.54 Å². The summed E-state index contributed by atoms with van der Waals surface area (Å²) in [6.45, 7) is 2.50. The molecule has 1 aliphatic heterocycles. The molecule has 5 nitrogen and oxygen atoms in total. The van der Waals surface area contributed by atoms with Gasteiger partial charge in [-0.25, -0.2) is 0 Å². The van der Waals surface area contributed by atoms with Crippen LogP contribution >= 0.6 is 11.8 Å². The first kappa shape index (κ1) is 17.0. The van der Waals surface area contributed by atoms with Gasteiger partial charge >= 0.3 is 0 Å². The minimum absolute atomic E-state index is 0.144. The standard InChI is InChI=1S/C17H17NO4S/c1-4-8-18-16(19)15(23-17(18)20)11-12-6-7-13(22-9-5-2)14(10-12)21-3/h2,6-7,10-11H,4,8-9H2,1,3H3/b15-11+. The predicted molar refractivity (Wildman–Crippen MR) is 90.3 cm³/mol. The number of nitrogens with zero attached hydrogens (tertiary/aromatic N) is 1. The maximum absolute atomic E-state index is 12.2. The molecule has 6 heteroatoms. The van der Waals surface area contributed by atoms with Crippen molar-refractivity contribution in [2.45, 2.75) is 13.3 Å². The lowest BCUT2D eigenvalue weighted by Gasteiger charge is -2.10. The summed E-state index contributed by atoms with van der Waals surface area (Å²) in [6, 6.07) is 5.24. The molecule has 0 spiro atoms. The van der Waals surface area contributed by atoms with Crippen LogP contribution in [0.4, 0.5) is 4.79 Å². The van der Waals surface area contributed by atoms with Crippen molar-refractivity contribution in [2.24, 2.45) is 0 Å². The molecular formula is C17H17NO4S. The van der Waals surface area contributed by atoms with Gasteiger partial charge in [-0.2, -0.15) is 0 Å². The van der Waals surface area contributed by atoms with Crippen LogP contribution in [0, 0.1) is 12.3 Å². The van der Waals surface area contributed by atoms with E-state index in [-0.39, 0.29) is 17.8 Å². The number of carbonyl (C=O) groups excluding carboxylic acids is 2. The summed E-state index contributed by atoms with van der Waals surface area (Å²) in [7, 11) is 1.52. The monoisotopic (exact) mass is 331 g/mol. The highest BCUT2D eigenvalue weighted by Crippen LogP contribution is 2.34. The summed E-state index contributed by atoms with van der Waals surface area (Å²) in [5, 5.41) is -0.232. The number of rotatable bonds is 6. The van der Waals surface area contributed by atoms with Crippen LogP contribution in [-0.4, -0.2) is 36.3 Å². The Kier molecular flexibility index (Phi) is 5.72. The zero-order valence-corrected chi connectivity index (χ0v) is 13.8. The molecule has 1 aromatic rings. The van der Waals surface area contributed by atoms with Crippen LogP contribution in [0.25, 0.3) is 6.08 Å². The fourth-order valence-corrected chi connectivity index (χ4v) is 2.95. The molecule has 0 aromatic heterocycles. The van der Waals surface area contributed by atoms with Gasteiger partial charge in [-0.05, 0) is 42.0 Å². The van der Waals surface area contributed by atoms with E-state index in [2.05, 4.69) is 5.92 Å². The van der Waals surface area contributed by atoms with E-state index in [1.54, 1.807) is 24.3 Å². The molecule has 0 N–H and O–H groups in total. The van der Waals surface area contributed by atoms with Crippen LogP contribution in [0.15, 0.2) is 23.1 Å². The van der Waals surface area contributed by atoms with Gasteiger partial charge in [0.1, 0.15) is 6.61 Å². The van der Waals surface area contributed by atoms with Crippen molar-refractivity contribution in [1.82, 2.24) is 4.90 Å². The van der Waals surface area contributed by atoms with Crippen molar-refractivity contribution in [3.63, 3.8) is 0 Å². The van der Waals surface area contributed by atoms with E-state index in [0.717, 1.165) is 23.7 Å². The first-order chi connectivity index (χ1) is 11.1. The number of methoxy groups -OCH3 is 1. The minimum Gasteiger partial charge on any atom is -0.493 e. The molecule has 0 radical (unpaired) electrons. The van der Waals surface area contributed by atoms with Crippen LogP contribution in [-0.2, 0) is 4.79 Å². The Morgan fingerprint density at radius 1 is 1.35 bits per heavy atom. The number of terminal acetylenes is 1. The molecule has 2 amide bonds. The Labute approximate surface area is 139 Å². The first-order valence-corrected chi connectivity index (χ1v) is 7.92. The molecule has 120 valence electrons. The molecule has 0 saturated carbocycles. The summed E-state index contributed by atoms with van der Waals surface area (Å²) in [5.74, 6) is 3.18. The van der Waals surface area contributed by atoms with Crippen LogP contribution < -0.4 is 9.47 Å². The molecule has 23 heavy (non-hydrogen) atoms. The molecule has 1 saturated heterocycles. The first-order valence-electron chi connectivity index (χ1n) is 7.10. The van der Waals surface area contributed by atoms with Gasteiger partial charge in [0.2, 0.25) is 0 Å². The molecule has 1 aromatic carbocycles. The highest BCUT2D eigenvalue weighted by atomic mass is 32.2. The summed E-state index contributed by atoms with van der Waals surface area (Å²) in [6.07, 6.45) is 7.58. The number of hydrogen-bond donors (Lipinski definition) is 0. The van der Waals surface area contributed by atoms with Gasteiger partial charge < -0.3 is 9.47 Å². The third kappa shape index (κ3) is 3.88. The number of carbonyl (C=O) groups is 2. The number of hydrogen-bond acceptors (Lipinski definition) is 5. The van der Waals surface area contributed by atoms with Crippen molar-refractivity contribution in [3.05, 3.63) is 28.7 Å². The smallest absolute Gasteiger partial charge is 0.293 e. The number of benzene rings is 1. The van der Waals surface area contributed by atoms with E-state index >= 15 is 0 Å². The maximum Gasteiger partial charge on any atom is 0.293 e. The van der Waals surface area contributed by atoms with Crippen molar-refractivity contribution in [3.8, 4) is 23.8 Å². The van der Waals surface area contributed by atoms with Gasteiger partial charge in [-0.1, -0.05) is 18.9 Å². The summed E-state index contributed by atoms with van der Waals surface area (Å²) >= 11 is 0.948. The van der Waals surface area contributed by atoms with E-state index in [0.29, 0.717) is 22.9 Å². The van der Waals surface area contributed by atoms with Crippen LogP contribution in [0.5, 0.6) is 11.5 Å². The maximum atomic E-state index is 12.2. The van der Waals surface area contributed by atoms with Gasteiger partial charge in [0.25, 0.3) is 11.1 Å². The second-order valence-electron chi connectivity index (χ2n) is 4.74. The van der Waals surface area contributed by atoms with Crippen LogP contribution in [0.1, 0.15) is 18.9 Å². The molecule has 0 atom stereocenters. The minimum atomic E-state index is -0.256. The van der Waals surface area contributed by atoms with E-state index < -0.39 is 0 Å². The number of imide groups is 1. The lowest BCUT2D eigenvalue weighted by molar-refractivity contribution is -0.122. The molecule has 0 bridgehead atoms. The largest absolute Gasteiger partial charge is 0.493 e. The normalized spacial score (nSPS) is 15.9. The van der Waals surface area contributed by atoms with Gasteiger partial charge in [-0.3, -0.25) is 14.5 Å². The summed E-state index contributed by atoms with van der Waals surface area (Å²) in [4.78, 5) is 25.7. The van der Waals surface area contributed by atoms with Gasteiger partial charge in [-0.15, -0.1) is 6.42 Å². The zero-order valence-electron chi connectivity index (χ0n) is 13.0. The SMILES string of the molecule is C#CCOc1ccc(/C=C2/SC(=O)N(CCC)C2=O)cc1OC. The van der Waals surface area contributed by atoms with E-state index in [1.807, 2.05) is 6.92 Å². The topological polar surface area (TPSA) is 55.8 Å². The van der Waals surface area contributed by atoms with Crippen molar-refractivity contribution in [1.29, 1.82) is 0 Å². The third-order valence-electron chi connectivity index (χ3n) is 3.12. The van der Waals surface area contributed by atoms with Gasteiger partial charge in [0.15, 0.2) is 11.5 Å². The van der Waals surface area contributed by atoms with Gasteiger partial charge in [0.05, 0.1) is 12.0 Å². The van der Waals surface area contributed by atoms with Crippen molar-refractivity contribution in [2.75, 3.05) is 20.3 Å². The fourth-order valence-electron chi connectivity index (χ4n) is 2.08. The second-order valence-corrected chi connectivity index (χ2v) is 5.73. The Morgan fingerprint density at radius 2 is 2.13 bits per heavy atom. The summed E-state index contributed by atoms with van der Waals surface area (Å²) in [5.41, 5.74) is 0.747. The average Bonchev–Trinajstić information content (AvgIpc) is 2.81. The molecular weight excluding hydrogens is 314 g/mol. The lowest BCUT2D eigenvalue weighted by atomic mass is 10.2. The lowest BCUT2D eigenvalue weighted by Crippen LogP contribution is -2.28. The summed E-state index contributed by atoms with van der Waals surface area (Å²) < 4.78 is 10.6. The zero-order chi connectivity index (χ0) is 16.8. The Hall–Kier alpha value is -2.39. The molecule has 1 aliphatic rings. The van der Waals surface area contributed by atoms with Crippen molar-refractivity contribution < 1.29 is 19.1 Å². The second kappa shape index (κ2) is 7.75. The number of thioether (sulfide) groups is 1. The molecule has 0 aliphatic carbocycles. The highest BCUT2D eigenvalue weighted by Gasteiger charge is 2.34. The quantitative estimate of drug-likeness (QED) is 0.592.